The molecule has 2 N–H and O–H groups in total. The van der Waals surface area contributed by atoms with Gasteiger partial charge in [0.1, 0.15) is 6.61 Å². The van der Waals surface area contributed by atoms with E-state index in [4.69, 9.17) is 11.2 Å². The number of piperidine rings is 1. The van der Waals surface area contributed by atoms with E-state index in [0.717, 1.165) is 13.0 Å². The third-order valence-electron chi connectivity index (χ3n) is 2.35. The smallest absolute Gasteiger partial charge is 0.246 e. The molecule has 84 valence electrons. The van der Waals surface area contributed by atoms with E-state index < -0.39 is 0 Å². The van der Waals surface area contributed by atoms with Crippen LogP contribution in [0.4, 0.5) is 0 Å². The van der Waals surface area contributed by atoms with Crippen LogP contribution in [-0.4, -0.2) is 38.3 Å². The summed E-state index contributed by atoms with van der Waals surface area (Å²) in [4.78, 5) is 11.1. The van der Waals surface area contributed by atoms with Crippen LogP contribution in [0.1, 0.15) is 19.3 Å². The number of carbonyl (C=O) groups excluding carboxylic acids is 1. The molecule has 1 aliphatic rings. The Morgan fingerprint density at radius 1 is 1.60 bits per heavy atom. The first-order valence-corrected chi connectivity index (χ1v) is 5.34. The van der Waals surface area contributed by atoms with E-state index in [1.165, 1.54) is 12.8 Å². The summed E-state index contributed by atoms with van der Waals surface area (Å²) in [5, 5.41) is 5.90. The zero-order valence-corrected chi connectivity index (χ0v) is 8.92. The van der Waals surface area contributed by atoms with E-state index in [2.05, 4.69) is 16.6 Å². The zero-order valence-electron chi connectivity index (χ0n) is 8.92. The van der Waals surface area contributed by atoms with Crippen molar-refractivity contribution in [3.05, 3.63) is 0 Å². The molecule has 0 aliphatic carbocycles. The Hall–Kier alpha value is -1.05. The molecular weight excluding hydrogens is 192 g/mol. The Balaban J connectivity index is 2.00. The van der Waals surface area contributed by atoms with Crippen LogP contribution >= 0.6 is 0 Å². The second-order valence-electron chi connectivity index (χ2n) is 3.64. The van der Waals surface area contributed by atoms with Gasteiger partial charge in [-0.25, -0.2) is 0 Å². The molecule has 1 rings (SSSR count). The van der Waals surface area contributed by atoms with Crippen molar-refractivity contribution in [1.29, 1.82) is 0 Å². The summed E-state index contributed by atoms with van der Waals surface area (Å²) in [5.41, 5.74) is 0. The largest absolute Gasteiger partial charge is 0.370 e. The highest BCUT2D eigenvalue weighted by Crippen LogP contribution is 2.06. The van der Waals surface area contributed by atoms with Gasteiger partial charge in [0.05, 0.1) is 13.2 Å². The first-order valence-electron chi connectivity index (χ1n) is 5.34. The average Bonchev–Trinajstić information content (AvgIpc) is 2.28. The number of rotatable bonds is 5. The number of nitrogens with one attached hydrogen (secondary N) is 2. The minimum Gasteiger partial charge on any atom is -0.370 e. The minimum atomic E-state index is -0.149. The van der Waals surface area contributed by atoms with Crippen LogP contribution in [0.2, 0.25) is 0 Å². The molecule has 0 spiro atoms. The van der Waals surface area contributed by atoms with Crippen molar-refractivity contribution < 1.29 is 9.53 Å². The summed E-state index contributed by atoms with van der Waals surface area (Å²) >= 11 is 0. The van der Waals surface area contributed by atoms with Crippen molar-refractivity contribution in [3.63, 3.8) is 0 Å². The van der Waals surface area contributed by atoms with Gasteiger partial charge in [-0.05, 0) is 19.4 Å². The van der Waals surface area contributed by atoms with Crippen LogP contribution in [0, 0.1) is 12.3 Å². The monoisotopic (exact) mass is 210 g/mol. The molecule has 15 heavy (non-hydrogen) atoms. The fourth-order valence-corrected chi connectivity index (χ4v) is 1.56. The van der Waals surface area contributed by atoms with Gasteiger partial charge in [-0.3, -0.25) is 4.79 Å². The number of terminal acetylenes is 1. The molecular formula is C11H18N2O2. The highest BCUT2D eigenvalue weighted by molar-refractivity contribution is 5.77. The van der Waals surface area contributed by atoms with Crippen LogP contribution in [0.15, 0.2) is 0 Å². The summed E-state index contributed by atoms with van der Waals surface area (Å²) < 4.78 is 5.29. The summed E-state index contributed by atoms with van der Waals surface area (Å²) in [6.07, 6.45) is 8.61. The van der Waals surface area contributed by atoms with Gasteiger partial charge in [-0.2, -0.15) is 0 Å². The molecule has 4 heteroatoms. The van der Waals surface area contributed by atoms with Gasteiger partial charge in [0.25, 0.3) is 0 Å². The zero-order chi connectivity index (χ0) is 10.9. The maximum Gasteiger partial charge on any atom is 0.246 e. The number of amides is 1. The lowest BCUT2D eigenvalue weighted by Gasteiger charge is -2.22. The lowest BCUT2D eigenvalue weighted by Crippen LogP contribution is -2.38. The van der Waals surface area contributed by atoms with Gasteiger partial charge in [-0.15, -0.1) is 6.42 Å². The Morgan fingerprint density at radius 2 is 2.47 bits per heavy atom. The van der Waals surface area contributed by atoms with Crippen molar-refractivity contribution in [2.75, 3.05) is 26.3 Å². The van der Waals surface area contributed by atoms with Crippen LogP contribution in [0.5, 0.6) is 0 Å². The normalized spacial score (nSPS) is 20.6. The Kier molecular flexibility index (Phi) is 5.83. The summed E-state index contributed by atoms with van der Waals surface area (Å²) in [6, 6.07) is 0.402. The van der Waals surface area contributed by atoms with E-state index in [0.29, 0.717) is 12.6 Å². The Labute approximate surface area is 90.8 Å². The molecule has 1 amide bonds. The van der Waals surface area contributed by atoms with E-state index in [9.17, 15) is 4.79 Å². The Bertz CT molecular complexity index is 229. The third kappa shape index (κ3) is 5.40. The van der Waals surface area contributed by atoms with Crippen molar-refractivity contribution in [3.8, 4) is 12.3 Å². The molecule has 1 unspecified atom stereocenters. The molecule has 1 fully saturated rings. The number of hydrogen-bond acceptors (Lipinski definition) is 3. The van der Waals surface area contributed by atoms with Crippen molar-refractivity contribution in [2.45, 2.75) is 25.3 Å². The van der Waals surface area contributed by atoms with E-state index >= 15 is 0 Å². The SMILES string of the molecule is C#CCNC(=O)COCC1CCCCN1. The molecule has 1 heterocycles. The lowest BCUT2D eigenvalue weighted by atomic mass is 10.1. The van der Waals surface area contributed by atoms with Gasteiger partial charge < -0.3 is 15.4 Å². The summed E-state index contributed by atoms with van der Waals surface area (Å²) in [5.74, 6) is 2.19. The average molecular weight is 210 g/mol. The van der Waals surface area contributed by atoms with Crippen LogP contribution in [0.25, 0.3) is 0 Å². The second kappa shape index (κ2) is 7.27. The molecule has 1 atom stereocenters. The van der Waals surface area contributed by atoms with Crippen LogP contribution in [0.3, 0.4) is 0 Å². The molecule has 1 aliphatic heterocycles. The predicted octanol–water partition coefficient (Wildman–Crippen LogP) is -0.106. The fourth-order valence-electron chi connectivity index (χ4n) is 1.56. The van der Waals surface area contributed by atoms with Crippen molar-refractivity contribution in [2.24, 2.45) is 0 Å². The minimum absolute atomic E-state index is 0.0971. The first-order chi connectivity index (χ1) is 7.33. The molecule has 0 radical (unpaired) electrons. The number of carbonyl (C=O) groups is 1. The van der Waals surface area contributed by atoms with E-state index in [-0.39, 0.29) is 19.1 Å². The third-order valence-corrected chi connectivity index (χ3v) is 2.35. The second-order valence-corrected chi connectivity index (χ2v) is 3.64. The maximum absolute atomic E-state index is 11.1. The van der Waals surface area contributed by atoms with Gasteiger partial charge in [0.15, 0.2) is 0 Å². The number of ether oxygens (including phenoxy) is 1. The first kappa shape index (κ1) is 12.0. The van der Waals surface area contributed by atoms with Crippen LogP contribution in [-0.2, 0) is 9.53 Å². The molecule has 0 aromatic carbocycles. The van der Waals surface area contributed by atoms with E-state index in [1.54, 1.807) is 0 Å². The van der Waals surface area contributed by atoms with E-state index in [1.807, 2.05) is 0 Å². The molecule has 4 nitrogen and oxygen atoms in total. The maximum atomic E-state index is 11.1. The summed E-state index contributed by atoms with van der Waals surface area (Å²) in [7, 11) is 0. The molecule has 0 aromatic rings. The van der Waals surface area contributed by atoms with Gasteiger partial charge in [0, 0.05) is 6.04 Å². The Morgan fingerprint density at radius 3 is 3.13 bits per heavy atom. The van der Waals surface area contributed by atoms with Gasteiger partial charge in [0.2, 0.25) is 5.91 Å². The fraction of sp³-hybridized carbons (Fsp3) is 0.727. The molecule has 0 aromatic heterocycles. The molecule has 1 saturated heterocycles. The standard InChI is InChI=1S/C11H18N2O2/c1-2-6-13-11(14)9-15-8-10-5-3-4-7-12-10/h1,10,12H,3-9H2,(H,13,14). The van der Waals surface area contributed by atoms with Gasteiger partial charge in [-0.1, -0.05) is 12.3 Å². The lowest BCUT2D eigenvalue weighted by molar-refractivity contribution is -0.125. The van der Waals surface area contributed by atoms with Crippen molar-refractivity contribution in [1.82, 2.24) is 10.6 Å². The predicted molar refractivity (Wildman–Crippen MR) is 58.3 cm³/mol. The van der Waals surface area contributed by atoms with Crippen LogP contribution < -0.4 is 10.6 Å². The molecule has 0 saturated carbocycles. The highest BCUT2D eigenvalue weighted by atomic mass is 16.5. The number of hydrogen-bond donors (Lipinski definition) is 2. The topological polar surface area (TPSA) is 50.4 Å². The summed E-state index contributed by atoms with van der Waals surface area (Å²) in [6.45, 7) is 2.02. The van der Waals surface area contributed by atoms with Gasteiger partial charge >= 0.3 is 0 Å². The highest BCUT2D eigenvalue weighted by Gasteiger charge is 2.12. The van der Waals surface area contributed by atoms with Crippen molar-refractivity contribution >= 4 is 5.91 Å². The molecule has 0 bridgehead atoms. The quantitative estimate of drug-likeness (QED) is 0.623.